The second-order valence-corrected chi connectivity index (χ2v) is 9.31. The highest BCUT2D eigenvalue weighted by molar-refractivity contribution is 5.94. The molecule has 0 saturated heterocycles. The monoisotopic (exact) mass is 536 g/mol. The molecule has 3 amide bonds. The molecular formula is C25H36N4O9. The molecule has 13 heteroatoms. The molecule has 0 aliphatic heterocycles. The molecule has 1 rings (SSSR count). The maximum Gasteiger partial charge on any atom is 0.326 e. The van der Waals surface area contributed by atoms with Crippen LogP contribution in [0.4, 0.5) is 0 Å². The fraction of sp³-hybridized carbons (Fsp3) is 0.520. The van der Waals surface area contributed by atoms with Crippen LogP contribution >= 0.6 is 0 Å². The predicted octanol–water partition coefficient (Wildman–Crippen LogP) is -0.129. The van der Waals surface area contributed by atoms with Crippen molar-refractivity contribution in [1.29, 1.82) is 0 Å². The maximum absolute atomic E-state index is 13.2. The Hall–Kier alpha value is -4.00. The minimum absolute atomic E-state index is 0.00977. The number of carboxylic acids is 3. The van der Waals surface area contributed by atoms with Gasteiger partial charge in [-0.2, -0.15) is 0 Å². The number of amides is 3. The van der Waals surface area contributed by atoms with Gasteiger partial charge in [-0.15, -0.1) is 0 Å². The van der Waals surface area contributed by atoms with Gasteiger partial charge in [0.05, 0.1) is 6.04 Å². The van der Waals surface area contributed by atoms with Crippen LogP contribution in [0.5, 0.6) is 0 Å². The molecule has 0 aliphatic rings. The van der Waals surface area contributed by atoms with Gasteiger partial charge in [-0.1, -0.05) is 44.2 Å². The van der Waals surface area contributed by atoms with E-state index in [0.29, 0.717) is 5.56 Å². The van der Waals surface area contributed by atoms with Crippen molar-refractivity contribution >= 4 is 35.6 Å². The molecule has 13 nitrogen and oxygen atoms in total. The number of carboxylic acid groups (broad SMARTS) is 3. The van der Waals surface area contributed by atoms with Gasteiger partial charge < -0.3 is 37.0 Å². The number of carbonyl (C=O) groups excluding carboxylic acids is 3. The van der Waals surface area contributed by atoms with Crippen LogP contribution < -0.4 is 21.7 Å². The molecule has 0 fully saturated rings. The molecule has 4 unspecified atom stereocenters. The average Bonchev–Trinajstić information content (AvgIpc) is 2.83. The van der Waals surface area contributed by atoms with E-state index in [0.717, 1.165) is 0 Å². The molecule has 0 heterocycles. The molecular weight excluding hydrogens is 500 g/mol. The van der Waals surface area contributed by atoms with E-state index in [9.17, 15) is 33.9 Å². The summed E-state index contributed by atoms with van der Waals surface area (Å²) < 4.78 is 0. The van der Waals surface area contributed by atoms with Crippen LogP contribution in [0.2, 0.25) is 0 Å². The maximum atomic E-state index is 13.2. The Morgan fingerprint density at radius 2 is 1.24 bits per heavy atom. The second-order valence-electron chi connectivity index (χ2n) is 9.31. The number of nitrogens with one attached hydrogen (secondary N) is 3. The summed E-state index contributed by atoms with van der Waals surface area (Å²) in [5, 5.41) is 34.5. The van der Waals surface area contributed by atoms with Crippen LogP contribution in [0, 0.1) is 5.92 Å². The van der Waals surface area contributed by atoms with Crippen molar-refractivity contribution in [2.24, 2.45) is 11.7 Å². The first-order valence-electron chi connectivity index (χ1n) is 12.2. The smallest absolute Gasteiger partial charge is 0.326 e. The second kappa shape index (κ2) is 16.0. The van der Waals surface area contributed by atoms with Crippen molar-refractivity contribution in [2.75, 3.05) is 0 Å². The van der Waals surface area contributed by atoms with Crippen molar-refractivity contribution in [3.8, 4) is 0 Å². The topological polar surface area (TPSA) is 225 Å². The lowest BCUT2D eigenvalue weighted by atomic mass is 10.00. The van der Waals surface area contributed by atoms with E-state index < -0.39 is 66.2 Å². The molecule has 1 aromatic carbocycles. The Balaban J connectivity index is 3.10. The summed E-state index contributed by atoms with van der Waals surface area (Å²) in [5.74, 6) is -6.12. The van der Waals surface area contributed by atoms with Crippen LogP contribution in [0.25, 0.3) is 0 Å². The lowest BCUT2D eigenvalue weighted by molar-refractivity contribution is -0.143. The first-order chi connectivity index (χ1) is 17.8. The number of rotatable bonds is 17. The van der Waals surface area contributed by atoms with E-state index in [-0.39, 0.29) is 38.0 Å². The van der Waals surface area contributed by atoms with E-state index in [2.05, 4.69) is 16.0 Å². The summed E-state index contributed by atoms with van der Waals surface area (Å²) in [6.45, 7) is 3.62. The Kier molecular flexibility index (Phi) is 13.5. The summed E-state index contributed by atoms with van der Waals surface area (Å²) in [4.78, 5) is 72.0. The molecule has 0 radical (unpaired) electrons. The van der Waals surface area contributed by atoms with E-state index in [1.807, 2.05) is 13.8 Å². The van der Waals surface area contributed by atoms with Crippen molar-refractivity contribution in [2.45, 2.75) is 76.5 Å². The van der Waals surface area contributed by atoms with Crippen LogP contribution in [0.1, 0.15) is 51.5 Å². The first-order valence-corrected chi connectivity index (χ1v) is 12.2. The standard InChI is InChI=1S/C25H36N4O9/c1-14(2)12-18(28-22(34)16(26)8-10-20(30)31)23(35)29-19(13-15-6-4-3-5-7-15)24(36)27-17(25(37)38)9-11-21(32)33/h3-7,14,16-19H,8-13,26H2,1-2H3,(H,27,36)(H,28,34)(H,29,35)(H,30,31)(H,32,33)(H,37,38). The number of nitrogens with two attached hydrogens (primary N) is 1. The van der Waals surface area contributed by atoms with Crippen molar-refractivity contribution in [3.63, 3.8) is 0 Å². The fourth-order valence-electron chi connectivity index (χ4n) is 3.52. The normalized spacial score (nSPS) is 14.0. The Labute approximate surface area is 220 Å². The van der Waals surface area contributed by atoms with Crippen molar-refractivity contribution in [1.82, 2.24) is 16.0 Å². The number of carbonyl (C=O) groups is 6. The third-order valence-electron chi connectivity index (χ3n) is 5.52. The SMILES string of the molecule is CC(C)CC(NC(=O)C(N)CCC(=O)O)C(=O)NC(Cc1ccccc1)C(=O)NC(CCC(=O)O)C(=O)O. The van der Waals surface area contributed by atoms with Crippen LogP contribution in [0.3, 0.4) is 0 Å². The van der Waals surface area contributed by atoms with E-state index in [4.69, 9.17) is 15.9 Å². The minimum Gasteiger partial charge on any atom is -0.481 e. The number of benzene rings is 1. The largest absolute Gasteiger partial charge is 0.481 e. The molecule has 0 spiro atoms. The molecule has 0 saturated carbocycles. The number of hydrogen-bond acceptors (Lipinski definition) is 7. The molecule has 210 valence electrons. The molecule has 8 N–H and O–H groups in total. The third kappa shape index (κ3) is 12.3. The highest BCUT2D eigenvalue weighted by Crippen LogP contribution is 2.10. The summed E-state index contributed by atoms with van der Waals surface area (Å²) in [6.07, 6.45) is -1.14. The van der Waals surface area contributed by atoms with Gasteiger partial charge >= 0.3 is 17.9 Å². The number of aliphatic carboxylic acids is 3. The first kappa shape index (κ1) is 32.0. The van der Waals surface area contributed by atoms with Gasteiger partial charge in [-0.3, -0.25) is 24.0 Å². The summed E-state index contributed by atoms with van der Waals surface area (Å²) in [7, 11) is 0. The van der Waals surface area contributed by atoms with E-state index >= 15 is 0 Å². The highest BCUT2D eigenvalue weighted by atomic mass is 16.4. The van der Waals surface area contributed by atoms with Gasteiger partial charge in [0.2, 0.25) is 17.7 Å². The van der Waals surface area contributed by atoms with Crippen LogP contribution in [0.15, 0.2) is 30.3 Å². The van der Waals surface area contributed by atoms with Gasteiger partial charge in [-0.05, 0) is 30.7 Å². The summed E-state index contributed by atoms with van der Waals surface area (Å²) in [5.41, 5.74) is 6.42. The van der Waals surface area contributed by atoms with Gasteiger partial charge in [0.15, 0.2) is 0 Å². The van der Waals surface area contributed by atoms with Gasteiger partial charge in [0.1, 0.15) is 18.1 Å². The minimum atomic E-state index is -1.49. The van der Waals surface area contributed by atoms with E-state index in [1.54, 1.807) is 30.3 Å². The van der Waals surface area contributed by atoms with Crippen LogP contribution in [-0.4, -0.2) is 75.1 Å². The molecule has 0 aromatic heterocycles. The molecule has 1 aromatic rings. The lowest BCUT2D eigenvalue weighted by Crippen LogP contribution is -2.57. The van der Waals surface area contributed by atoms with Gasteiger partial charge in [0, 0.05) is 19.3 Å². The molecule has 0 bridgehead atoms. The van der Waals surface area contributed by atoms with Crippen molar-refractivity contribution in [3.05, 3.63) is 35.9 Å². The zero-order valence-corrected chi connectivity index (χ0v) is 21.4. The number of hydrogen-bond donors (Lipinski definition) is 7. The molecule has 0 aliphatic carbocycles. The van der Waals surface area contributed by atoms with Gasteiger partial charge in [0.25, 0.3) is 0 Å². The fourth-order valence-corrected chi connectivity index (χ4v) is 3.52. The molecule has 4 atom stereocenters. The Bertz CT molecular complexity index is 984. The lowest BCUT2D eigenvalue weighted by Gasteiger charge is -2.26. The quantitative estimate of drug-likeness (QED) is 0.140. The Morgan fingerprint density at radius 1 is 0.737 bits per heavy atom. The summed E-state index contributed by atoms with van der Waals surface area (Å²) in [6, 6.07) is 3.61. The Morgan fingerprint density at radius 3 is 1.76 bits per heavy atom. The van der Waals surface area contributed by atoms with Crippen LogP contribution in [-0.2, 0) is 35.2 Å². The third-order valence-corrected chi connectivity index (χ3v) is 5.52. The average molecular weight is 537 g/mol. The zero-order valence-electron chi connectivity index (χ0n) is 21.4. The summed E-state index contributed by atoms with van der Waals surface area (Å²) >= 11 is 0. The van der Waals surface area contributed by atoms with Crippen molar-refractivity contribution < 1.29 is 44.1 Å². The molecule has 38 heavy (non-hydrogen) atoms. The highest BCUT2D eigenvalue weighted by Gasteiger charge is 2.31. The van der Waals surface area contributed by atoms with Gasteiger partial charge in [-0.25, -0.2) is 4.79 Å². The predicted molar refractivity (Wildman–Crippen MR) is 135 cm³/mol. The zero-order chi connectivity index (χ0) is 28.8. The van der Waals surface area contributed by atoms with E-state index in [1.165, 1.54) is 0 Å².